The summed E-state index contributed by atoms with van der Waals surface area (Å²) in [6.07, 6.45) is 8.22. The van der Waals surface area contributed by atoms with Crippen LogP contribution in [-0.4, -0.2) is 6.54 Å². The molecule has 0 bridgehead atoms. The van der Waals surface area contributed by atoms with Crippen LogP contribution in [0.5, 0.6) is 0 Å². The van der Waals surface area contributed by atoms with Gasteiger partial charge in [-0.3, -0.25) is 0 Å². The molecule has 1 saturated carbocycles. The third-order valence-electron chi connectivity index (χ3n) is 4.62. The van der Waals surface area contributed by atoms with Crippen LogP contribution in [0.25, 0.3) is 0 Å². The van der Waals surface area contributed by atoms with Crippen LogP contribution in [-0.2, 0) is 0 Å². The van der Waals surface area contributed by atoms with Gasteiger partial charge in [-0.05, 0) is 37.8 Å². The normalized spacial score (nSPS) is 17.9. The van der Waals surface area contributed by atoms with Crippen molar-refractivity contribution in [1.29, 1.82) is 0 Å². The van der Waals surface area contributed by atoms with E-state index in [-0.39, 0.29) is 6.04 Å². The largest absolute Gasteiger partial charge is 0.310 e. The predicted octanol–water partition coefficient (Wildman–Crippen LogP) is 5.28. The molecule has 0 radical (unpaired) electrons. The Labute approximate surface area is 127 Å². The van der Waals surface area contributed by atoms with Crippen LogP contribution in [0.2, 0.25) is 0 Å². The topological polar surface area (TPSA) is 12.0 Å². The summed E-state index contributed by atoms with van der Waals surface area (Å²) in [5.74, 6) is -0.726. The fraction of sp³-hybridized carbons (Fsp3) is 0.667. The fourth-order valence-corrected chi connectivity index (χ4v) is 3.33. The van der Waals surface area contributed by atoms with Crippen molar-refractivity contribution >= 4 is 0 Å². The van der Waals surface area contributed by atoms with Crippen molar-refractivity contribution in [3.05, 3.63) is 34.9 Å². The van der Waals surface area contributed by atoms with Crippen LogP contribution in [0.4, 0.5) is 8.78 Å². The van der Waals surface area contributed by atoms with Gasteiger partial charge in [0, 0.05) is 11.6 Å². The van der Waals surface area contributed by atoms with Gasteiger partial charge in [0.2, 0.25) is 0 Å². The molecule has 0 saturated heterocycles. The second-order valence-electron chi connectivity index (χ2n) is 6.35. The molecule has 1 aromatic rings. The first-order valence-electron chi connectivity index (χ1n) is 8.31. The van der Waals surface area contributed by atoms with Gasteiger partial charge >= 0.3 is 0 Å². The van der Waals surface area contributed by atoms with E-state index in [0.717, 1.165) is 19.4 Å². The van der Waals surface area contributed by atoms with Gasteiger partial charge in [-0.15, -0.1) is 0 Å². The minimum Gasteiger partial charge on any atom is -0.310 e. The Balaban J connectivity index is 2.16. The van der Waals surface area contributed by atoms with Gasteiger partial charge in [0.05, 0.1) is 0 Å². The van der Waals surface area contributed by atoms with E-state index in [1.807, 2.05) is 0 Å². The van der Waals surface area contributed by atoms with E-state index in [2.05, 4.69) is 12.2 Å². The van der Waals surface area contributed by atoms with Gasteiger partial charge < -0.3 is 5.32 Å². The Morgan fingerprint density at radius 3 is 2.52 bits per heavy atom. The molecule has 0 amide bonds. The van der Waals surface area contributed by atoms with Crippen LogP contribution in [0.15, 0.2) is 12.1 Å². The average Bonchev–Trinajstić information content (AvgIpc) is 2.51. The molecule has 1 fully saturated rings. The quantitative estimate of drug-likeness (QED) is 0.752. The monoisotopic (exact) mass is 295 g/mol. The highest BCUT2D eigenvalue weighted by molar-refractivity contribution is 5.28. The van der Waals surface area contributed by atoms with Gasteiger partial charge in [0.15, 0.2) is 11.6 Å². The van der Waals surface area contributed by atoms with Crippen molar-refractivity contribution in [3.63, 3.8) is 0 Å². The van der Waals surface area contributed by atoms with Crippen molar-refractivity contribution in [3.8, 4) is 0 Å². The zero-order chi connectivity index (χ0) is 15.2. The Kier molecular flexibility index (Phi) is 6.16. The number of rotatable bonds is 6. The van der Waals surface area contributed by atoms with Gasteiger partial charge in [-0.1, -0.05) is 51.2 Å². The highest BCUT2D eigenvalue weighted by Crippen LogP contribution is 2.33. The summed E-state index contributed by atoms with van der Waals surface area (Å²) in [5, 5.41) is 3.41. The molecular formula is C18H27F2N. The molecule has 0 heterocycles. The van der Waals surface area contributed by atoms with E-state index < -0.39 is 11.6 Å². The maximum atomic E-state index is 14.3. The number of aryl methyl sites for hydroxylation is 1. The van der Waals surface area contributed by atoms with Crippen molar-refractivity contribution in [2.24, 2.45) is 5.92 Å². The van der Waals surface area contributed by atoms with Crippen LogP contribution in [0.3, 0.4) is 0 Å². The molecule has 21 heavy (non-hydrogen) atoms. The van der Waals surface area contributed by atoms with Crippen LogP contribution in [0, 0.1) is 24.5 Å². The summed E-state index contributed by atoms with van der Waals surface area (Å²) in [7, 11) is 0. The number of hydrogen-bond acceptors (Lipinski definition) is 1. The van der Waals surface area contributed by atoms with Gasteiger partial charge in [0.1, 0.15) is 0 Å². The summed E-state index contributed by atoms with van der Waals surface area (Å²) in [4.78, 5) is 0. The number of halogens is 2. The zero-order valence-electron chi connectivity index (χ0n) is 13.2. The molecule has 0 aliphatic heterocycles. The summed E-state index contributed by atoms with van der Waals surface area (Å²) in [6.45, 7) is 4.54. The average molecular weight is 295 g/mol. The third kappa shape index (κ3) is 4.26. The molecule has 0 aromatic heterocycles. The Morgan fingerprint density at radius 2 is 1.86 bits per heavy atom. The summed E-state index contributed by atoms with van der Waals surface area (Å²) in [6, 6.07) is 3.38. The first-order valence-corrected chi connectivity index (χ1v) is 8.31. The minimum absolute atomic E-state index is 0.0665. The van der Waals surface area contributed by atoms with E-state index >= 15 is 0 Å². The zero-order valence-corrected chi connectivity index (χ0v) is 13.2. The molecule has 1 aliphatic rings. The number of hydrogen-bond donors (Lipinski definition) is 1. The highest BCUT2D eigenvalue weighted by Gasteiger charge is 2.23. The first-order chi connectivity index (χ1) is 10.1. The molecule has 0 spiro atoms. The van der Waals surface area contributed by atoms with Crippen LogP contribution in [0.1, 0.15) is 69.0 Å². The molecule has 1 N–H and O–H groups in total. The lowest BCUT2D eigenvalue weighted by atomic mass is 9.83. The molecule has 1 aromatic carbocycles. The third-order valence-corrected chi connectivity index (χ3v) is 4.62. The van der Waals surface area contributed by atoms with Crippen LogP contribution < -0.4 is 5.32 Å². The smallest absolute Gasteiger partial charge is 0.163 e. The van der Waals surface area contributed by atoms with Crippen molar-refractivity contribution in [1.82, 2.24) is 5.32 Å². The second kappa shape index (κ2) is 7.88. The maximum absolute atomic E-state index is 14.3. The molecule has 3 heteroatoms. The maximum Gasteiger partial charge on any atom is 0.163 e. The van der Waals surface area contributed by atoms with Crippen LogP contribution >= 0.6 is 0 Å². The second-order valence-corrected chi connectivity index (χ2v) is 6.35. The molecule has 1 aliphatic carbocycles. The lowest BCUT2D eigenvalue weighted by Gasteiger charge is -2.28. The number of benzene rings is 1. The van der Waals surface area contributed by atoms with E-state index in [9.17, 15) is 8.78 Å². The van der Waals surface area contributed by atoms with Gasteiger partial charge in [-0.2, -0.15) is 0 Å². The lowest BCUT2D eigenvalue weighted by molar-refractivity contribution is 0.295. The molecule has 2 rings (SSSR count). The number of nitrogens with one attached hydrogen (secondary N) is 1. The highest BCUT2D eigenvalue weighted by atomic mass is 19.2. The SMILES string of the molecule is CCCNC(CC1CCCCC1)c1ccc(C)c(F)c1F. The fourth-order valence-electron chi connectivity index (χ4n) is 3.33. The Hall–Kier alpha value is -0.960. The molecule has 118 valence electrons. The van der Waals surface area contributed by atoms with E-state index in [1.165, 1.54) is 32.1 Å². The lowest BCUT2D eigenvalue weighted by Crippen LogP contribution is -2.26. The van der Waals surface area contributed by atoms with Crippen molar-refractivity contribution < 1.29 is 8.78 Å². The summed E-state index contributed by atoms with van der Waals surface area (Å²) in [5.41, 5.74) is 0.875. The van der Waals surface area contributed by atoms with Crippen molar-refractivity contribution in [2.75, 3.05) is 6.54 Å². The van der Waals surface area contributed by atoms with Gasteiger partial charge in [0.25, 0.3) is 0 Å². The minimum atomic E-state index is -0.695. The van der Waals surface area contributed by atoms with Crippen molar-refractivity contribution in [2.45, 2.75) is 64.8 Å². The standard InChI is InChI=1S/C18H27F2N/c1-3-11-21-16(12-14-7-5-4-6-8-14)15-10-9-13(2)17(19)18(15)20/h9-10,14,16,21H,3-8,11-12H2,1-2H3. The molecular weight excluding hydrogens is 268 g/mol. The predicted molar refractivity (Wildman–Crippen MR) is 83.3 cm³/mol. The van der Waals surface area contributed by atoms with Gasteiger partial charge in [-0.25, -0.2) is 8.78 Å². The molecule has 1 atom stereocenters. The first kappa shape index (κ1) is 16.4. The van der Waals surface area contributed by atoms with E-state index in [0.29, 0.717) is 17.0 Å². The summed E-state index contributed by atoms with van der Waals surface area (Å²) < 4.78 is 28.1. The molecule has 1 unspecified atom stereocenters. The Bertz CT molecular complexity index is 453. The van der Waals surface area contributed by atoms with E-state index in [4.69, 9.17) is 0 Å². The van der Waals surface area contributed by atoms with E-state index in [1.54, 1.807) is 19.1 Å². The summed E-state index contributed by atoms with van der Waals surface area (Å²) >= 11 is 0. The molecule has 1 nitrogen and oxygen atoms in total. The Morgan fingerprint density at radius 1 is 1.14 bits per heavy atom.